The Morgan fingerprint density at radius 2 is 1.81 bits per heavy atom. The fourth-order valence-electron chi connectivity index (χ4n) is 3.09. The van der Waals surface area contributed by atoms with Gasteiger partial charge in [-0.2, -0.15) is 0 Å². The first-order valence-electron chi connectivity index (χ1n) is 7.64. The lowest BCUT2D eigenvalue weighted by atomic mass is 9.88. The number of hydrogen-bond acceptors (Lipinski definition) is 3. The van der Waals surface area contributed by atoms with Gasteiger partial charge in [-0.15, -0.1) is 0 Å². The molecule has 110 valence electrons. The van der Waals surface area contributed by atoms with Gasteiger partial charge in [-0.3, -0.25) is 0 Å². The lowest BCUT2D eigenvalue weighted by Gasteiger charge is -2.28. The van der Waals surface area contributed by atoms with Gasteiger partial charge in [0.05, 0.1) is 5.56 Å². The van der Waals surface area contributed by atoms with E-state index in [0.29, 0.717) is 17.2 Å². The molecular weight excluding hydrogens is 262 g/mol. The predicted octanol–water partition coefficient (Wildman–Crippen LogP) is 4.16. The molecule has 3 nitrogen and oxygen atoms in total. The Labute approximate surface area is 125 Å². The summed E-state index contributed by atoms with van der Waals surface area (Å²) in [6.45, 7) is 2.15. The highest BCUT2D eigenvalue weighted by Gasteiger charge is 2.26. The third-order valence-corrected chi connectivity index (χ3v) is 4.43. The van der Waals surface area contributed by atoms with Crippen LogP contribution in [-0.4, -0.2) is 12.1 Å². The second kappa shape index (κ2) is 5.76. The summed E-state index contributed by atoms with van der Waals surface area (Å²) in [6, 6.07) is 11.6. The van der Waals surface area contributed by atoms with Gasteiger partial charge in [-0.1, -0.05) is 37.6 Å². The Morgan fingerprint density at radius 3 is 2.52 bits per heavy atom. The molecule has 0 saturated heterocycles. The van der Waals surface area contributed by atoms with Crippen molar-refractivity contribution in [1.82, 2.24) is 0 Å². The zero-order chi connectivity index (χ0) is 14.8. The van der Waals surface area contributed by atoms with Crippen LogP contribution in [-0.2, 0) is 4.74 Å². The van der Waals surface area contributed by atoms with Crippen molar-refractivity contribution >= 4 is 22.4 Å². The van der Waals surface area contributed by atoms with E-state index in [0.717, 1.165) is 30.0 Å². The zero-order valence-corrected chi connectivity index (χ0v) is 12.3. The first-order chi connectivity index (χ1) is 10.1. The van der Waals surface area contributed by atoms with E-state index in [2.05, 4.69) is 6.92 Å². The molecule has 21 heavy (non-hydrogen) atoms. The van der Waals surface area contributed by atoms with E-state index in [9.17, 15) is 4.79 Å². The minimum absolute atomic E-state index is 0.0251. The maximum atomic E-state index is 12.4. The molecule has 3 rings (SSSR count). The van der Waals surface area contributed by atoms with Crippen molar-refractivity contribution in [2.24, 2.45) is 5.92 Å². The number of carbonyl (C=O) groups is 1. The maximum Gasteiger partial charge on any atom is 0.340 e. The summed E-state index contributed by atoms with van der Waals surface area (Å²) in [5.41, 5.74) is 6.99. The molecule has 0 radical (unpaired) electrons. The van der Waals surface area contributed by atoms with Crippen molar-refractivity contribution in [1.29, 1.82) is 0 Å². The Morgan fingerprint density at radius 1 is 1.14 bits per heavy atom. The number of anilines is 1. The molecule has 0 heterocycles. The highest BCUT2D eigenvalue weighted by Crippen LogP contribution is 2.28. The van der Waals surface area contributed by atoms with Crippen molar-refractivity contribution < 1.29 is 9.53 Å². The van der Waals surface area contributed by atoms with Crippen molar-refractivity contribution in [3.63, 3.8) is 0 Å². The Bertz CT molecular complexity index is 665. The maximum absolute atomic E-state index is 12.4. The van der Waals surface area contributed by atoms with E-state index in [4.69, 9.17) is 10.5 Å². The molecule has 2 aromatic carbocycles. The molecule has 0 amide bonds. The number of rotatable bonds is 2. The summed E-state index contributed by atoms with van der Waals surface area (Å²) in [7, 11) is 0. The van der Waals surface area contributed by atoms with E-state index < -0.39 is 0 Å². The topological polar surface area (TPSA) is 52.3 Å². The van der Waals surface area contributed by atoms with Gasteiger partial charge in [0.2, 0.25) is 0 Å². The standard InChI is InChI=1S/C18H21NO2/c1-12-6-2-5-9-17(12)21-18(20)15-10-13-7-3-4-8-14(13)11-16(15)19/h3-4,7-8,10-12,17H,2,5-6,9,19H2,1H3. The third kappa shape index (κ3) is 2.87. The van der Waals surface area contributed by atoms with E-state index in [1.807, 2.05) is 36.4 Å². The summed E-state index contributed by atoms with van der Waals surface area (Å²) < 4.78 is 5.70. The quantitative estimate of drug-likeness (QED) is 0.665. The molecule has 3 heteroatoms. The van der Waals surface area contributed by atoms with Gasteiger partial charge in [0.1, 0.15) is 6.10 Å². The third-order valence-electron chi connectivity index (χ3n) is 4.43. The van der Waals surface area contributed by atoms with Gasteiger partial charge in [0.15, 0.2) is 0 Å². The van der Waals surface area contributed by atoms with Crippen molar-refractivity contribution in [3.8, 4) is 0 Å². The molecular formula is C18H21NO2. The van der Waals surface area contributed by atoms with Gasteiger partial charge in [-0.25, -0.2) is 4.79 Å². The molecule has 0 aliphatic heterocycles. The Kier molecular flexibility index (Phi) is 3.82. The second-order valence-corrected chi connectivity index (χ2v) is 5.99. The van der Waals surface area contributed by atoms with Gasteiger partial charge in [-0.05, 0) is 48.1 Å². The molecule has 1 saturated carbocycles. The van der Waals surface area contributed by atoms with Crippen LogP contribution < -0.4 is 5.73 Å². The van der Waals surface area contributed by atoms with E-state index in [-0.39, 0.29) is 12.1 Å². The van der Waals surface area contributed by atoms with E-state index in [1.54, 1.807) is 0 Å². The number of esters is 1. The highest BCUT2D eigenvalue weighted by molar-refractivity contribution is 6.01. The predicted molar refractivity (Wildman–Crippen MR) is 85.2 cm³/mol. The SMILES string of the molecule is CC1CCCCC1OC(=O)c1cc2ccccc2cc1N. The average Bonchev–Trinajstić information content (AvgIpc) is 2.49. The number of fused-ring (bicyclic) bond motifs is 1. The molecule has 0 spiro atoms. The summed E-state index contributed by atoms with van der Waals surface area (Å²) in [4.78, 5) is 12.4. The normalized spacial score (nSPS) is 22.1. The van der Waals surface area contributed by atoms with Crippen LogP contribution in [0.25, 0.3) is 10.8 Å². The molecule has 1 aliphatic rings. The zero-order valence-electron chi connectivity index (χ0n) is 12.3. The lowest BCUT2D eigenvalue weighted by Crippen LogP contribution is -2.28. The van der Waals surface area contributed by atoms with Crippen LogP contribution in [0.1, 0.15) is 43.0 Å². The summed E-state index contributed by atoms with van der Waals surface area (Å²) >= 11 is 0. The molecule has 1 aliphatic carbocycles. The van der Waals surface area contributed by atoms with Gasteiger partial charge in [0, 0.05) is 5.69 Å². The number of ether oxygens (including phenoxy) is 1. The first-order valence-corrected chi connectivity index (χ1v) is 7.64. The molecule has 2 aromatic rings. The van der Waals surface area contributed by atoms with Crippen LogP contribution in [0.2, 0.25) is 0 Å². The van der Waals surface area contributed by atoms with Crippen molar-refractivity contribution in [2.75, 3.05) is 5.73 Å². The number of benzene rings is 2. The first kappa shape index (κ1) is 13.9. The van der Waals surface area contributed by atoms with Crippen LogP contribution in [0.5, 0.6) is 0 Å². The number of nitrogen functional groups attached to an aromatic ring is 1. The lowest BCUT2D eigenvalue weighted by molar-refractivity contribution is 0.00494. The monoisotopic (exact) mass is 283 g/mol. The molecule has 2 N–H and O–H groups in total. The van der Waals surface area contributed by atoms with Crippen molar-refractivity contribution in [2.45, 2.75) is 38.7 Å². The number of nitrogens with two attached hydrogens (primary N) is 1. The number of hydrogen-bond donors (Lipinski definition) is 1. The fraction of sp³-hybridized carbons (Fsp3) is 0.389. The molecule has 2 atom stereocenters. The minimum atomic E-state index is -0.294. The van der Waals surface area contributed by atoms with E-state index >= 15 is 0 Å². The summed E-state index contributed by atoms with van der Waals surface area (Å²) in [5, 5.41) is 2.05. The summed E-state index contributed by atoms with van der Waals surface area (Å²) in [5.74, 6) is 0.140. The van der Waals surface area contributed by atoms with Crippen LogP contribution >= 0.6 is 0 Å². The van der Waals surface area contributed by atoms with Crippen LogP contribution in [0.4, 0.5) is 5.69 Å². The number of carbonyl (C=O) groups excluding carboxylic acids is 1. The van der Waals surface area contributed by atoms with Crippen LogP contribution in [0.15, 0.2) is 36.4 Å². The van der Waals surface area contributed by atoms with Crippen molar-refractivity contribution in [3.05, 3.63) is 42.0 Å². The van der Waals surface area contributed by atoms with Gasteiger partial charge < -0.3 is 10.5 Å². The highest BCUT2D eigenvalue weighted by atomic mass is 16.5. The second-order valence-electron chi connectivity index (χ2n) is 5.99. The molecule has 0 aromatic heterocycles. The minimum Gasteiger partial charge on any atom is -0.458 e. The van der Waals surface area contributed by atoms with E-state index in [1.165, 1.54) is 6.42 Å². The average molecular weight is 283 g/mol. The smallest absolute Gasteiger partial charge is 0.340 e. The summed E-state index contributed by atoms with van der Waals surface area (Å²) in [6.07, 6.45) is 4.48. The molecule has 0 bridgehead atoms. The van der Waals surface area contributed by atoms with Crippen LogP contribution in [0.3, 0.4) is 0 Å². The van der Waals surface area contributed by atoms with Gasteiger partial charge >= 0.3 is 5.97 Å². The molecule has 1 fully saturated rings. The largest absolute Gasteiger partial charge is 0.458 e. The van der Waals surface area contributed by atoms with Crippen LogP contribution in [0, 0.1) is 5.92 Å². The molecule has 2 unspecified atom stereocenters. The Hall–Kier alpha value is -2.03. The Balaban J connectivity index is 1.85. The van der Waals surface area contributed by atoms with Gasteiger partial charge in [0.25, 0.3) is 0 Å². The fourth-order valence-corrected chi connectivity index (χ4v) is 3.09.